The van der Waals surface area contributed by atoms with E-state index in [2.05, 4.69) is 5.16 Å². The highest BCUT2D eigenvalue weighted by atomic mass is 32.1. The Morgan fingerprint density at radius 1 is 1.35 bits per heavy atom. The number of benzene rings is 1. The Morgan fingerprint density at radius 3 is 2.71 bits per heavy atom. The topological polar surface area (TPSA) is 62.0 Å². The van der Waals surface area contributed by atoms with E-state index in [1.54, 1.807) is 12.1 Å². The quantitative estimate of drug-likeness (QED) is 0.499. The fourth-order valence-corrected chi connectivity index (χ4v) is 2.21. The molecule has 0 saturated carbocycles. The largest absolute Gasteiger partial charge is 0.507 e. The van der Waals surface area contributed by atoms with E-state index in [4.69, 9.17) is 9.94 Å². The number of phenols is 1. The van der Waals surface area contributed by atoms with Gasteiger partial charge in [-0.3, -0.25) is 0 Å². The number of rotatable bonds is 3. The van der Waals surface area contributed by atoms with E-state index < -0.39 is 0 Å². The minimum Gasteiger partial charge on any atom is -0.507 e. The summed E-state index contributed by atoms with van der Waals surface area (Å²) in [6.07, 6.45) is 0. The summed E-state index contributed by atoms with van der Waals surface area (Å²) in [4.78, 5) is 0.785. The first kappa shape index (κ1) is 11.5. The van der Waals surface area contributed by atoms with E-state index in [0.29, 0.717) is 17.0 Å². The lowest BCUT2D eigenvalue weighted by molar-refractivity contribution is 0.319. The van der Waals surface area contributed by atoms with Crippen LogP contribution < -0.4 is 4.74 Å². The monoisotopic (exact) mass is 249 g/mol. The van der Waals surface area contributed by atoms with Crippen LogP contribution in [-0.4, -0.2) is 23.1 Å². The van der Waals surface area contributed by atoms with Crippen LogP contribution in [0.2, 0.25) is 0 Å². The van der Waals surface area contributed by atoms with Crippen LogP contribution in [0.1, 0.15) is 10.4 Å². The van der Waals surface area contributed by atoms with E-state index in [0.717, 1.165) is 4.88 Å². The molecule has 0 unspecified atom stereocenters. The molecule has 0 radical (unpaired) electrons. The third-order valence-electron chi connectivity index (χ3n) is 2.31. The van der Waals surface area contributed by atoms with Crippen molar-refractivity contribution >= 4 is 17.0 Å². The third kappa shape index (κ3) is 2.24. The van der Waals surface area contributed by atoms with E-state index >= 15 is 0 Å². The molecular formula is C12H11NO3S. The minimum absolute atomic E-state index is 0.0190. The number of thiophene rings is 1. The SMILES string of the molecule is COc1ccc(/C(=N\O)c2cccs2)c(O)c1. The van der Waals surface area contributed by atoms with Crippen molar-refractivity contribution in [2.24, 2.45) is 5.16 Å². The molecule has 1 heterocycles. The Morgan fingerprint density at radius 2 is 2.18 bits per heavy atom. The van der Waals surface area contributed by atoms with Crippen molar-refractivity contribution in [1.82, 2.24) is 0 Å². The highest BCUT2D eigenvalue weighted by molar-refractivity contribution is 7.12. The van der Waals surface area contributed by atoms with Crippen molar-refractivity contribution in [2.75, 3.05) is 7.11 Å². The fraction of sp³-hybridized carbons (Fsp3) is 0.0833. The number of nitrogens with zero attached hydrogens (tertiary/aromatic N) is 1. The van der Waals surface area contributed by atoms with Crippen molar-refractivity contribution in [2.45, 2.75) is 0 Å². The highest BCUT2D eigenvalue weighted by Crippen LogP contribution is 2.27. The molecule has 0 spiro atoms. The Hall–Kier alpha value is -2.01. The molecule has 1 aromatic heterocycles. The van der Waals surface area contributed by atoms with Gasteiger partial charge in [-0.15, -0.1) is 11.3 Å². The first-order valence-corrected chi connectivity index (χ1v) is 5.77. The number of aromatic hydroxyl groups is 1. The van der Waals surface area contributed by atoms with Gasteiger partial charge in [0, 0.05) is 11.6 Å². The van der Waals surface area contributed by atoms with E-state index in [1.807, 2.05) is 17.5 Å². The maximum Gasteiger partial charge on any atom is 0.130 e. The van der Waals surface area contributed by atoms with Crippen LogP contribution in [0.4, 0.5) is 0 Å². The minimum atomic E-state index is 0.0190. The van der Waals surface area contributed by atoms with Crippen LogP contribution in [-0.2, 0) is 0 Å². The second-order valence-corrected chi connectivity index (χ2v) is 4.26. The molecule has 2 N–H and O–H groups in total. The summed E-state index contributed by atoms with van der Waals surface area (Å²) in [5.74, 6) is 0.570. The van der Waals surface area contributed by atoms with Gasteiger partial charge in [-0.25, -0.2) is 0 Å². The maximum absolute atomic E-state index is 9.86. The van der Waals surface area contributed by atoms with Gasteiger partial charge < -0.3 is 15.1 Å². The number of methoxy groups -OCH3 is 1. The Balaban J connectivity index is 2.46. The number of hydrogen-bond donors (Lipinski definition) is 2. The molecule has 0 aliphatic rings. The van der Waals surface area contributed by atoms with Crippen LogP contribution >= 0.6 is 11.3 Å². The summed E-state index contributed by atoms with van der Waals surface area (Å²) in [5, 5.41) is 24.0. The standard InChI is InChI=1S/C12H11NO3S/c1-16-8-4-5-9(10(14)7-8)12(13-15)11-3-2-6-17-11/h2-7,14-15H,1H3/b13-12+. The number of ether oxygens (including phenoxy) is 1. The average Bonchev–Trinajstić information content (AvgIpc) is 2.85. The maximum atomic E-state index is 9.86. The number of hydrogen-bond acceptors (Lipinski definition) is 5. The van der Waals surface area contributed by atoms with Gasteiger partial charge in [-0.05, 0) is 23.6 Å². The predicted octanol–water partition coefficient (Wildman–Crippen LogP) is 2.69. The number of phenolic OH excluding ortho intramolecular Hbond substituents is 1. The highest BCUT2D eigenvalue weighted by Gasteiger charge is 2.13. The second kappa shape index (κ2) is 4.88. The molecule has 0 fully saturated rings. The molecular weight excluding hydrogens is 238 g/mol. The predicted molar refractivity (Wildman–Crippen MR) is 66.4 cm³/mol. The van der Waals surface area contributed by atoms with Crippen LogP contribution in [0.3, 0.4) is 0 Å². The fourth-order valence-electron chi connectivity index (χ4n) is 1.49. The van der Waals surface area contributed by atoms with Crippen molar-refractivity contribution in [1.29, 1.82) is 0 Å². The second-order valence-electron chi connectivity index (χ2n) is 3.31. The van der Waals surface area contributed by atoms with Gasteiger partial charge in [-0.1, -0.05) is 11.2 Å². The summed E-state index contributed by atoms with van der Waals surface area (Å²) in [7, 11) is 1.52. The summed E-state index contributed by atoms with van der Waals surface area (Å²) in [5.41, 5.74) is 0.816. The van der Waals surface area contributed by atoms with Gasteiger partial charge in [0.1, 0.15) is 17.2 Å². The first-order valence-electron chi connectivity index (χ1n) is 4.89. The van der Waals surface area contributed by atoms with Crippen LogP contribution in [0.5, 0.6) is 11.5 Å². The van der Waals surface area contributed by atoms with Gasteiger partial charge >= 0.3 is 0 Å². The lowest BCUT2D eigenvalue weighted by atomic mass is 10.1. The molecule has 88 valence electrons. The molecule has 0 aliphatic heterocycles. The van der Waals surface area contributed by atoms with Crippen molar-refractivity contribution in [3.05, 3.63) is 46.2 Å². The molecule has 1 aromatic carbocycles. The zero-order valence-corrected chi connectivity index (χ0v) is 9.94. The molecule has 2 aromatic rings. The zero-order valence-electron chi connectivity index (χ0n) is 9.12. The lowest BCUT2D eigenvalue weighted by Gasteiger charge is -2.07. The molecule has 5 heteroatoms. The van der Waals surface area contributed by atoms with E-state index in [1.165, 1.54) is 24.5 Å². The summed E-state index contributed by atoms with van der Waals surface area (Å²) in [6.45, 7) is 0. The number of oxime groups is 1. The lowest BCUT2D eigenvalue weighted by Crippen LogP contribution is -2.01. The van der Waals surface area contributed by atoms with Crippen molar-refractivity contribution in [3.8, 4) is 11.5 Å². The molecule has 0 bridgehead atoms. The van der Waals surface area contributed by atoms with E-state index in [9.17, 15) is 5.11 Å². The molecule has 0 saturated heterocycles. The average molecular weight is 249 g/mol. The molecule has 0 amide bonds. The van der Waals surface area contributed by atoms with Crippen molar-refractivity contribution in [3.63, 3.8) is 0 Å². The molecule has 0 atom stereocenters. The summed E-state index contributed by atoms with van der Waals surface area (Å²) in [6, 6.07) is 8.51. The third-order valence-corrected chi connectivity index (χ3v) is 3.19. The summed E-state index contributed by atoms with van der Waals surface area (Å²) < 4.78 is 4.99. The molecule has 17 heavy (non-hydrogen) atoms. The molecule has 2 rings (SSSR count). The van der Waals surface area contributed by atoms with Crippen LogP contribution in [0, 0.1) is 0 Å². The van der Waals surface area contributed by atoms with Gasteiger partial charge in [0.05, 0.1) is 12.0 Å². The van der Waals surface area contributed by atoms with Gasteiger partial charge in [-0.2, -0.15) is 0 Å². The zero-order chi connectivity index (χ0) is 12.3. The normalized spacial score (nSPS) is 11.5. The van der Waals surface area contributed by atoms with Gasteiger partial charge in [0.2, 0.25) is 0 Å². The molecule has 4 nitrogen and oxygen atoms in total. The Bertz CT molecular complexity index is 535. The first-order chi connectivity index (χ1) is 8.26. The van der Waals surface area contributed by atoms with Crippen molar-refractivity contribution < 1.29 is 15.1 Å². The molecule has 0 aliphatic carbocycles. The smallest absolute Gasteiger partial charge is 0.130 e. The van der Waals surface area contributed by atoms with Gasteiger partial charge in [0.15, 0.2) is 0 Å². The van der Waals surface area contributed by atoms with Gasteiger partial charge in [0.25, 0.3) is 0 Å². The Labute approximate surface area is 102 Å². The van der Waals surface area contributed by atoms with E-state index in [-0.39, 0.29) is 5.75 Å². The summed E-state index contributed by atoms with van der Waals surface area (Å²) >= 11 is 1.44. The van der Waals surface area contributed by atoms with Crippen LogP contribution in [0.15, 0.2) is 40.9 Å². The van der Waals surface area contributed by atoms with Crippen LogP contribution in [0.25, 0.3) is 0 Å². The Kier molecular flexibility index (Phi) is 3.30.